The number of rotatable bonds is 3. The Hall–Kier alpha value is -0.980. The highest BCUT2D eigenvalue weighted by molar-refractivity contribution is 5.07. The molecule has 0 amide bonds. The van der Waals surface area contributed by atoms with Gasteiger partial charge in [-0.3, -0.25) is 0 Å². The van der Waals surface area contributed by atoms with Crippen LogP contribution in [0.25, 0.3) is 0 Å². The van der Waals surface area contributed by atoms with Gasteiger partial charge < -0.3 is 19.7 Å². The fourth-order valence-electron chi connectivity index (χ4n) is 3.09. The summed E-state index contributed by atoms with van der Waals surface area (Å²) in [5, 5.41) is 4.14. The Morgan fingerprint density at radius 3 is 2.74 bits per heavy atom. The Kier molecular flexibility index (Phi) is 3.56. The fourth-order valence-corrected chi connectivity index (χ4v) is 3.09. The third kappa shape index (κ3) is 2.28. The Bertz CT molecular complexity index is 429. The van der Waals surface area contributed by atoms with Crippen LogP contribution < -0.4 is 5.73 Å². The molecule has 19 heavy (non-hydrogen) atoms. The highest BCUT2D eigenvalue weighted by Crippen LogP contribution is 2.37. The van der Waals surface area contributed by atoms with E-state index in [1.807, 2.05) is 0 Å². The molecule has 1 saturated heterocycles. The Balaban J connectivity index is 1.83. The van der Waals surface area contributed by atoms with E-state index in [0.29, 0.717) is 24.9 Å². The molecule has 1 saturated carbocycles. The summed E-state index contributed by atoms with van der Waals surface area (Å²) < 4.78 is 16.5. The van der Waals surface area contributed by atoms with Crippen LogP contribution in [0.1, 0.15) is 49.7 Å². The van der Waals surface area contributed by atoms with E-state index in [1.54, 1.807) is 7.11 Å². The quantitative estimate of drug-likeness (QED) is 0.889. The van der Waals surface area contributed by atoms with Crippen molar-refractivity contribution < 1.29 is 14.0 Å². The molecule has 1 aliphatic carbocycles. The van der Waals surface area contributed by atoms with Crippen LogP contribution in [0, 0.1) is 0 Å². The molecule has 0 radical (unpaired) electrons. The van der Waals surface area contributed by atoms with E-state index in [0.717, 1.165) is 32.1 Å². The molecule has 106 valence electrons. The van der Waals surface area contributed by atoms with Crippen molar-refractivity contribution in [2.45, 2.75) is 49.7 Å². The second kappa shape index (κ2) is 5.19. The van der Waals surface area contributed by atoms with E-state index in [1.165, 1.54) is 0 Å². The minimum Gasteiger partial charge on any atom is -0.381 e. The second-order valence-electron chi connectivity index (χ2n) is 5.47. The normalized spacial score (nSPS) is 30.6. The monoisotopic (exact) mass is 267 g/mol. The van der Waals surface area contributed by atoms with Crippen molar-refractivity contribution in [1.82, 2.24) is 10.1 Å². The smallest absolute Gasteiger partial charge is 0.231 e. The predicted octanol–water partition coefficient (Wildman–Crippen LogP) is 1.32. The van der Waals surface area contributed by atoms with Gasteiger partial charge >= 0.3 is 0 Å². The van der Waals surface area contributed by atoms with Crippen LogP contribution in [-0.2, 0) is 15.1 Å². The molecule has 3 rings (SSSR count). The second-order valence-corrected chi connectivity index (χ2v) is 5.47. The first-order valence-electron chi connectivity index (χ1n) is 6.98. The lowest BCUT2D eigenvalue weighted by Gasteiger charge is -2.32. The lowest BCUT2D eigenvalue weighted by molar-refractivity contribution is -0.101. The van der Waals surface area contributed by atoms with Crippen molar-refractivity contribution in [3.8, 4) is 0 Å². The average molecular weight is 267 g/mol. The van der Waals surface area contributed by atoms with Gasteiger partial charge in [0.2, 0.25) is 11.7 Å². The van der Waals surface area contributed by atoms with Gasteiger partial charge in [0.25, 0.3) is 0 Å². The molecule has 1 aliphatic heterocycles. The fraction of sp³-hybridized carbons (Fsp3) is 0.846. The van der Waals surface area contributed by atoms with Gasteiger partial charge in [-0.1, -0.05) is 11.6 Å². The van der Waals surface area contributed by atoms with Gasteiger partial charge in [-0.15, -0.1) is 0 Å². The zero-order valence-electron chi connectivity index (χ0n) is 11.3. The van der Waals surface area contributed by atoms with Crippen molar-refractivity contribution in [2.24, 2.45) is 5.73 Å². The van der Waals surface area contributed by atoms with Gasteiger partial charge in [-0.05, 0) is 12.8 Å². The van der Waals surface area contributed by atoms with Gasteiger partial charge in [0.05, 0.1) is 5.92 Å². The van der Waals surface area contributed by atoms with Crippen LogP contribution in [0.2, 0.25) is 0 Å². The standard InChI is InChI=1S/C13H21N3O3/c1-17-13(5-7-18-8-6-13)12-15-11(19-16-12)9-3-2-4-10(9)14/h9-10H,2-8,14H2,1H3. The first-order chi connectivity index (χ1) is 9.25. The zero-order valence-corrected chi connectivity index (χ0v) is 11.3. The molecule has 2 N–H and O–H groups in total. The van der Waals surface area contributed by atoms with E-state index in [4.69, 9.17) is 19.7 Å². The first-order valence-corrected chi connectivity index (χ1v) is 6.98. The van der Waals surface area contributed by atoms with Crippen LogP contribution in [0.3, 0.4) is 0 Å². The van der Waals surface area contributed by atoms with Crippen LogP contribution >= 0.6 is 0 Å². The van der Waals surface area contributed by atoms with Crippen molar-refractivity contribution in [3.63, 3.8) is 0 Å². The van der Waals surface area contributed by atoms with Gasteiger partial charge in [0, 0.05) is 39.2 Å². The first kappa shape index (κ1) is 13.0. The summed E-state index contributed by atoms with van der Waals surface area (Å²) in [7, 11) is 1.70. The van der Waals surface area contributed by atoms with Crippen LogP contribution in [-0.4, -0.2) is 36.5 Å². The van der Waals surface area contributed by atoms with Gasteiger partial charge in [0.15, 0.2) is 0 Å². The molecule has 0 spiro atoms. The number of nitrogens with two attached hydrogens (primary N) is 1. The summed E-state index contributed by atoms with van der Waals surface area (Å²) in [6.07, 6.45) is 4.72. The van der Waals surface area contributed by atoms with Crippen molar-refractivity contribution in [1.29, 1.82) is 0 Å². The van der Waals surface area contributed by atoms with Gasteiger partial charge in [-0.2, -0.15) is 4.98 Å². The molecule has 2 fully saturated rings. The Morgan fingerprint density at radius 1 is 1.32 bits per heavy atom. The zero-order chi connectivity index (χ0) is 13.3. The Labute approximate surface area is 112 Å². The van der Waals surface area contributed by atoms with Crippen LogP contribution in [0.15, 0.2) is 4.52 Å². The van der Waals surface area contributed by atoms with Crippen molar-refractivity contribution >= 4 is 0 Å². The van der Waals surface area contributed by atoms with E-state index in [2.05, 4.69) is 10.1 Å². The summed E-state index contributed by atoms with van der Waals surface area (Å²) in [6.45, 7) is 1.33. The van der Waals surface area contributed by atoms with E-state index >= 15 is 0 Å². The van der Waals surface area contributed by atoms with E-state index in [-0.39, 0.29) is 12.0 Å². The lowest BCUT2D eigenvalue weighted by atomic mass is 9.93. The molecule has 1 aromatic heterocycles. The molecular weight excluding hydrogens is 246 g/mol. The highest BCUT2D eigenvalue weighted by atomic mass is 16.5. The summed E-state index contributed by atoms with van der Waals surface area (Å²) in [4.78, 5) is 4.57. The maximum atomic E-state index is 6.09. The highest BCUT2D eigenvalue weighted by Gasteiger charge is 2.40. The minimum absolute atomic E-state index is 0.140. The number of aromatic nitrogens is 2. The maximum absolute atomic E-state index is 6.09. The van der Waals surface area contributed by atoms with E-state index in [9.17, 15) is 0 Å². The van der Waals surface area contributed by atoms with E-state index < -0.39 is 5.60 Å². The molecule has 2 aliphatic rings. The number of hydrogen-bond donors (Lipinski definition) is 1. The summed E-state index contributed by atoms with van der Waals surface area (Å²) >= 11 is 0. The number of nitrogens with zero attached hydrogens (tertiary/aromatic N) is 2. The summed E-state index contributed by atoms with van der Waals surface area (Å²) in [5.41, 5.74) is 5.63. The summed E-state index contributed by atoms with van der Waals surface area (Å²) in [5.74, 6) is 1.52. The molecule has 6 heteroatoms. The van der Waals surface area contributed by atoms with Gasteiger partial charge in [-0.25, -0.2) is 0 Å². The molecular formula is C13H21N3O3. The van der Waals surface area contributed by atoms with Crippen molar-refractivity contribution in [2.75, 3.05) is 20.3 Å². The predicted molar refractivity (Wildman–Crippen MR) is 67.6 cm³/mol. The third-order valence-corrected chi connectivity index (χ3v) is 4.43. The largest absolute Gasteiger partial charge is 0.381 e. The molecule has 0 aromatic carbocycles. The molecule has 2 atom stereocenters. The SMILES string of the molecule is COC1(c2noc(C3CCCC3N)n2)CCOCC1. The number of hydrogen-bond acceptors (Lipinski definition) is 6. The molecule has 6 nitrogen and oxygen atoms in total. The molecule has 0 bridgehead atoms. The molecule has 2 heterocycles. The third-order valence-electron chi connectivity index (χ3n) is 4.43. The van der Waals surface area contributed by atoms with Crippen LogP contribution in [0.4, 0.5) is 0 Å². The van der Waals surface area contributed by atoms with Gasteiger partial charge in [0.1, 0.15) is 5.60 Å². The Morgan fingerprint density at radius 2 is 2.11 bits per heavy atom. The van der Waals surface area contributed by atoms with Crippen LogP contribution in [0.5, 0.6) is 0 Å². The minimum atomic E-state index is -0.456. The summed E-state index contributed by atoms with van der Waals surface area (Å²) in [6, 6.07) is 0.140. The average Bonchev–Trinajstić information content (AvgIpc) is 3.08. The van der Waals surface area contributed by atoms with Crippen molar-refractivity contribution in [3.05, 3.63) is 11.7 Å². The maximum Gasteiger partial charge on any atom is 0.231 e. The molecule has 2 unspecified atom stereocenters. The number of ether oxygens (including phenoxy) is 2. The lowest BCUT2D eigenvalue weighted by Crippen LogP contribution is -2.36. The molecule has 1 aromatic rings. The number of methoxy groups -OCH3 is 1. The topological polar surface area (TPSA) is 83.4 Å².